The van der Waals surface area contributed by atoms with Crippen molar-refractivity contribution in [3.05, 3.63) is 247 Å². The molecule has 0 saturated carbocycles. The largest absolute Gasteiger partial charge is 0.455 e. The van der Waals surface area contributed by atoms with Crippen LogP contribution in [0, 0.1) is 0 Å². The molecule has 61 heavy (non-hydrogen) atoms. The van der Waals surface area contributed by atoms with E-state index in [9.17, 15) is 0 Å². The van der Waals surface area contributed by atoms with Crippen molar-refractivity contribution in [3.8, 4) is 33.8 Å². The van der Waals surface area contributed by atoms with Gasteiger partial charge >= 0.3 is 0 Å². The van der Waals surface area contributed by atoms with Crippen LogP contribution in [0.4, 0.5) is 17.1 Å². The first kappa shape index (κ1) is 34.0. The molecular weight excluding hydrogens is 739 g/mol. The number of anilines is 3. The zero-order valence-corrected chi connectivity index (χ0v) is 33.2. The number of fused-ring (bicyclic) bond motifs is 15. The molecule has 0 radical (unpaired) electrons. The predicted molar refractivity (Wildman–Crippen MR) is 254 cm³/mol. The molecule has 2 heteroatoms. The van der Waals surface area contributed by atoms with Gasteiger partial charge in [0, 0.05) is 38.8 Å². The van der Waals surface area contributed by atoms with Gasteiger partial charge in [0.05, 0.1) is 11.1 Å². The van der Waals surface area contributed by atoms with Crippen LogP contribution < -0.4 is 9.64 Å². The maximum absolute atomic E-state index is 7.24. The van der Waals surface area contributed by atoms with Crippen molar-refractivity contribution in [2.45, 2.75) is 5.41 Å². The number of benzene rings is 11. The zero-order valence-electron chi connectivity index (χ0n) is 33.2. The Morgan fingerprint density at radius 1 is 0.311 bits per heavy atom. The summed E-state index contributed by atoms with van der Waals surface area (Å²) in [6, 6.07) is 82.4. The van der Waals surface area contributed by atoms with Crippen LogP contribution in [0.5, 0.6) is 11.5 Å². The number of rotatable bonds is 4. The summed E-state index contributed by atoms with van der Waals surface area (Å²) in [7, 11) is 0. The summed E-state index contributed by atoms with van der Waals surface area (Å²) in [5.74, 6) is 1.85. The van der Waals surface area contributed by atoms with E-state index < -0.39 is 5.41 Å². The first-order chi connectivity index (χ1) is 30.3. The lowest BCUT2D eigenvalue weighted by atomic mass is 9.65. The van der Waals surface area contributed by atoms with Crippen LogP contribution in [0.25, 0.3) is 65.3 Å². The Morgan fingerprint density at radius 3 is 1.39 bits per heavy atom. The highest BCUT2D eigenvalue weighted by molar-refractivity contribution is 6.04. The van der Waals surface area contributed by atoms with Crippen LogP contribution in [0.1, 0.15) is 22.3 Å². The van der Waals surface area contributed by atoms with Crippen molar-refractivity contribution in [1.82, 2.24) is 0 Å². The monoisotopic (exact) mass is 775 g/mol. The minimum atomic E-state index is -0.635. The third kappa shape index (κ3) is 4.85. The zero-order chi connectivity index (χ0) is 40.1. The van der Waals surface area contributed by atoms with E-state index in [1.54, 1.807) is 0 Å². The van der Waals surface area contributed by atoms with E-state index in [0.29, 0.717) is 0 Å². The van der Waals surface area contributed by atoms with Gasteiger partial charge in [-0.3, -0.25) is 0 Å². The van der Waals surface area contributed by atoms with Gasteiger partial charge in [-0.05, 0) is 90.5 Å². The Bertz CT molecular complexity index is 3440. The Hall–Kier alpha value is -7.94. The summed E-state index contributed by atoms with van der Waals surface area (Å²) in [6.07, 6.45) is 0. The van der Waals surface area contributed by atoms with Crippen molar-refractivity contribution < 1.29 is 4.74 Å². The van der Waals surface area contributed by atoms with Crippen LogP contribution >= 0.6 is 0 Å². The third-order valence-corrected chi connectivity index (χ3v) is 13.3. The van der Waals surface area contributed by atoms with Gasteiger partial charge in [0.2, 0.25) is 0 Å². The molecule has 0 atom stereocenters. The van der Waals surface area contributed by atoms with E-state index in [1.165, 1.54) is 60.5 Å². The van der Waals surface area contributed by atoms with Crippen LogP contribution in [-0.4, -0.2) is 0 Å². The molecule has 2 nitrogen and oxygen atoms in total. The lowest BCUT2D eigenvalue weighted by Gasteiger charge is -2.40. The number of ether oxygens (including phenoxy) is 1. The molecule has 0 bridgehead atoms. The summed E-state index contributed by atoms with van der Waals surface area (Å²) in [6.45, 7) is 0. The average molecular weight is 776 g/mol. The lowest BCUT2D eigenvalue weighted by molar-refractivity contribution is 0.447. The molecule has 11 aromatic carbocycles. The number of nitrogens with zero attached hydrogens (tertiary/aromatic N) is 1. The fourth-order valence-corrected chi connectivity index (χ4v) is 10.6. The van der Waals surface area contributed by atoms with E-state index in [1.807, 2.05) is 0 Å². The van der Waals surface area contributed by atoms with Gasteiger partial charge in [0.1, 0.15) is 11.5 Å². The molecule has 1 heterocycles. The van der Waals surface area contributed by atoms with E-state index >= 15 is 0 Å². The number of hydrogen-bond acceptors (Lipinski definition) is 2. The first-order valence-corrected chi connectivity index (χ1v) is 21.1. The number of hydrogen-bond donors (Lipinski definition) is 0. The summed E-state index contributed by atoms with van der Waals surface area (Å²) >= 11 is 0. The number of para-hydroxylation sites is 1. The van der Waals surface area contributed by atoms with E-state index in [4.69, 9.17) is 4.74 Å². The molecule has 0 amide bonds. The van der Waals surface area contributed by atoms with Gasteiger partial charge in [0.15, 0.2) is 0 Å². The molecule has 284 valence electrons. The highest BCUT2D eigenvalue weighted by Crippen LogP contribution is 2.65. The molecule has 0 saturated heterocycles. The van der Waals surface area contributed by atoms with Crippen LogP contribution in [0.3, 0.4) is 0 Å². The van der Waals surface area contributed by atoms with Crippen LogP contribution in [0.15, 0.2) is 224 Å². The second-order valence-corrected chi connectivity index (χ2v) is 16.4. The van der Waals surface area contributed by atoms with Gasteiger partial charge in [-0.25, -0.2) is 0 Å². The molecule has 0 aromatic heterocycles. The smallest absolute Gasteiger partial charge is 0.140 e. The molecule has 11 aromatic rings. The highest BCUT2D eigenvalue weighted by atomic mass is 16.5. The van der Waals surface area contributed by atoms with E-state index in [-0.39, 0.29) is 0 Å². The highest BCUT2D eigenvalue weighted by Gasteiger charge is 2.52. The van der Waals surface area contributed by atoms with Crippen molar-refractivity contribution in [2.75, 3.05) is 4.90 Å². The maximum Gasteiger partial charge on any atom is 0.140 e. The van der Waals surface area contributed by atoms with Crippen molar-refractivity contribution >= 4 is 60.2 Å². The molecule has 0 N–H and O–H groups in total. The minimum Gasteiger partial charge on any atom is -0.455 e. The Morgan fingerprint density at radius 2 is 0.770 bits per heavy atom. The van der Waals surface area contributed by atoms with Crippen molar-refractivity contribution in [2.24, 2.45) is 0 Å². The predicted octanol–water partition coefficient (Wildman–Crippen LogP) is 15.9. The average Bonchev–Trinajstić information content (AvgIpc) is 3.62. The van der Waals surface area contributed by atoms with Crippen LogP contribution in [0.2, 0.25) is 0 Å². The summed E-state index contributed by atoms with van der Waals surface area (Å²) in [4.78, 5) is 2.45. The quantitative estimate of drug-likeness (QED) is 0.177. The van der Waals surface area contributed by atoms with Crippen LogP contribution in [-0.2, 0) is 5.41 Å². The van der Waals surface area contributed by atoms with Crippen molar-refractivity contribution in [3.63, 3.8) is 0 Å². The van der Waals surface area contributed by atoms with Gasteiger partial charge in [-0.2, -0.15) is 0 Å². The molecule has 1 spiro atoms. The Labute approximate surface area is 354 Å². The minimum absolute atomic E-state index is 0.635. The second-order valence-electron chi connectivity index (χ2n) is 16.4. The standard InChI is InChI=1S/C59H37NO/c1-3-18-42-36-44(32-28-38(42)14-1)60(45-33-29-39-15-2-4-19-43(39)37-45)55-27-12-10-22-48(55)49-24-13-26-52-56(49)50-23-9-11-25-51(50)59(52)53-34-30-40-16-5-7-20-46(40)57(53)61-58-47-21-8-6-17-41(47)31-35-54(58)59/h1-37H. The van der Waals surface area contributed by atoms with E-state index in [2.05, 4.69) is 229 Å². The maximum atomic E-state index is 7.24. The third-order valence-electron chi connectivity index (χ3n) is 13.3. The SMILES string of the molecule is c1ccc(N(c2ccc3ccccc3c2)c2ccc3ccccc3c2)c(-c2cccc3c2-c2ccccc2C32c3ccc4ccccc4c3Oc3c2ccc2ccccc32)c1. The van der Waals surface area contributed by atoms with Crippen molar-refractivity contribution in [1.29, 1.82) is 0 Å². The fraction of sp³-hybridized carbons (Fsp3) is 0.0169. The fourth-order valence-electron chi connectivity index (χ4n) is 10.6. The molecular formula is C59H37NO. The molecule has 1 aliphatic heterocycles. The first-order valence-electron chi connectivity index (χ1n) is 21.1. The van der Waals surface area contributed by atoms with Gasteiger partial charge in [0.25, 0.3) is 0 Å². The van der Waals surface area contributed by atoms with Gasteiger partial charge in [-0.15, -0.1) is 0 Å². The van der Waals surface area contributed by atoms with Gasteiger partial charge < -0.3 is 9.64 Å². The topological polar surface area (TPSA) is 12.5 Å². The Kier molecular flexibility index (Phi) is 7.26. The molecule has 0 fully saturated rings. The van der Waals surface area contributed by atoms with Gasteiger partial charge in [-0.1, -0.05) is 194 Å². The summed E-state index contributed by atoms with van der Waals surface area (Å²) < 4.78 is 7.24. The molecule has 1 aliphatic carbocycles. The summed E-state index contributed by atoms with van der Waals surface area (Å²) in [5.41, 5.74) is 12.4. The summed E-state index contributed by atoms with van der Waals surface area (Å²) in [5, 5.41) is 9.41. The molecule has 0 unspecified atom stereocenters. The molecule has 13 rings (SSSR count). The normalized spacial score (nSPS) is 13.2. The molecule has 2 aliphatic rings. The second kappa shape index (κ2) is 13.0. The Balaban J connectivity index is 1.11. The lowest BCUT2D eigenvalue weighted by Crippen LogP contribution is -2.32. The van der Waals surface area contributed by atoms with E-state index in [0.717, 1.165) is 55.7 Å².